The van der Waals surface area contributed by atoms with Gasteiger partial charge >= 0.3 is 0 Å². The summed E-state index contributed by atoms with van der Waals surface area (Å²) in [6, 6.07) is 4.15. The first-order chi connectivity index (χ1) is 7.66. The molecule has 4 nitrogen and oxygen atoms in total. The van der Waals surface area contributed by atoms with Crippen LogP contribution in [0.2, 0.25) is 0 Å². The van der Waals surface area contributed by atoms with Crippen molar-refractivity contribution >= 4 is 5.82 Å². The monoisotopic (exact) mass is 221 g/mol. The molecular weight excluding hydrogens is 202 g/mol. The van der Waals surface area contributed by atoms with E-state index < -0.39 is 6.23 Å². The average molecular weight is 221 g/mol. The number of pyridine rings is 1. The first-order valence-corrected chi connectivity index (χ1v) is 5.79. The molecule has 0 aliphatic carbocycles. The molecule has 16 heavy (non-hydrogen) atoms. The summed E-state index contributed by atoms with van der Waals surface area (Å²) >= 11 is 0. The molecule has 0 amide bonds. The van der Waals surface area contributed by atoms with E-state index in [9.17, 15) is 5.11 Å². The maximum absolute atomic E-state index is 9.50. The molecule has 0 bridgehead atoms. The maximum atomic E-state index is 9.50. The first-order valence-electron chi connectivity index (χ1n) is 5.79. The molecular formula is C12H19N3O. The molecule has 0 spiro atoms. The predicted molar refractivity (Wildman–Crippen MR) is 64.5 cm³/mol. The molecule has 1 unspecified atom stereocenters. The topological polar surface area (TPSA) is 48.4 Å². The van der Waals surface area contributed by atoms with Crippen LogP contribution in [0.1, 0.15) is 25.3 Å². The Morgan fingerprint density at radius 2 is 2.31 bits per heavy atom. The highest BCUT2D eigenvalue weighted by atomic mass is 16.3. The molecule has 1 aliphatic heterocycles. The van der Waals surface area contributed by atoms with Crippen LogP contribution in [-0.2, 0) is 0 Å². The normalized spacial score (nSPS) is 21.5. The highest BCUT2D eigenvalue weighted by Crippen LogP contribution is 2.17. The van der Waals surface area contributed by atoms with E-state index in [1.54, 1.807) is 0 Å². The Morgan fingerprint density at radius 3 is 2.88 bits per heavy atom. The van der Waals surface area contributed by atoms with Gasteiger partial charge in [0.25, 0.3) is 0 Å². The first kappa shape index (κ1) is 11.4. The summed E-state index contributed by atoms with van der Waals surface area (Å²) in [5, 5.41) is 12.5. The van der Waals surface area contributed by atoms with Gasteiger partial charge in [0.05, 0.1) is 6.54 Å². The highest BCUT2D eigenvalue weighted by Gasteiger charge is 2.17. The summed E-state index contributed by atoms with van der Waals surface area (Å²) in [5.74, 6) is 1.46. The molecule has 0 radical (unpaired) electrons. The molecule has 0 aromatic carbocycles. The van der Waals surface area contributed by atoms with Gasteiger partial charge in [-0.05, 0) is 17.5 Å². The van der Waals surface area contributed by atoms with E-state index in [0.717, 1.165) is 18.9 Å². The zero-order valence-corrected chi connectivity index (χ0v) is 9.85. The molecule has 1 saturated heterocycles. The van der Waals surface area contributed by atoms with Crippen molar-refractivity contribution in [3.63, 3.8) is 0 Å². The smallest absolute Gasteiger partial charge is 0.128 e. The fourth-order valence-electron chi connectivity index (χ4n) is 1.86. The number of hydrogen-bond donors (Lipinski definition) is 2. The lowest BCUT2D eigenvalue weighted by Gasteiger charge is -2.31. The summed E-state index contributed by atoms with van der Waals surface area (Å²) in [6.07, 6.45) is 1.48. The number of piperazine rings is 1. The predicted octanol–water partition coefficient (Wildman–Crippen LogP) is 0.933. The third kappa shape index (κ3) is 2.51. The van der Waals surface area contributed by atoms with E-state index in [-0.39, 0.29) is 0 Å². The molecule has 1 aromatic heterocycles. The van der Waals surface area contributed by atoms with Crippen molar-refractivity contribution in [2.45, 2.75) is 26.0 Å². The molecule has 2 rings (SSSR count). The SMILES string of the molecule is CC(C)c1ccc(N2CCNC(O)C2)nc1. The number of rotatable bonds is 2. The van der Waals surface area contributed by atoms with Gasteiger partial charge in [0.1, 0.15) is 12.0 Å². The van der Waals surface area contributed by atoms with E-state index in [1.807, 2.05) is 12.3 Å². The largest absolute Gasteiger partial charge is 0.377 e. The van der Waals surface area contributed by atoms with Crippen LogP contribution in [-0.4, -0.2) is 36.0 Å². The summed E-state index contributed by atoms with van der Waals surface area (Å²) in [4.78, 5) is 6.55. The number of nitrogens with one attached hydrogen (secondary N) is 1. The number of hydrogen-bond acceptors (Lipinski definition) is 4. The minimum absolute atomic E-state index is 0.444. The molecule has 1 aromatic rings. The van der Waals surface area contributed by atoms with Crippen LogP contribution < -0.4 is 10.2 Å². The number of aromatic nitrogens is 1. The van der Waals surface area contributed by atoms with Crippen molar-refractivity contribution in [3.8, 4) is 0 Å². The molecule has 1 fully saturated rings. The summed E-state index contributed by atoms with van der Waals surface area (Å²) in [7, 11) is 0. The molecule has 1 atom stereocenters. The Labute approximate surface area is 96.3 Å². The van der Waals surface area contributed by atoms with Crippen LogP contribution in [0.4, 0.5) is 5.82 Å². The second kappa shape index (κ2) is 4.80. The number of anilines is 1. The quantitative estimate of drug-likeness (QED) is 0.780. The van der Waals surface area contributed by atoms with Gasteiger partial charge in [0.15, 0.2) is 0 Å². The van der Waals surface area contributed by atoms with Crippen LogP contribution in [0.25, 0.3) is 0 Å². The van der Waals surface area contributed by atoms with Gasteiger partial charge in [-0.25, -0.2) is 4.98 Å². The molecule has 2 N–H and O–H groups in total. The van der Waals surface area contributed by atoms with Crippen molar-refractivity contribution in [2.75, 3.05) is 24.5 Å². The number of β-amino-alcohol motifs (C(OH)–C–C–N with tert-alkyl or cyclic N) is 1. The van der Waals surface area contributed by atoms with Crippen molar-refractivity contribution in [1.29, 1.82) is 0 Å². The van der Waals surface area contributed by atoms with Gasteiger partial charge in [-0.1, -0.05) is 19.9 Å². The molecule has 1 aliphatic rings. The van der Waals surface area contributed by atoms with Crippen molar-refractivity contribution in [1.82, 2.24) is 10.3 Å². The minimum Gasteiger partial charge on any atom is -0.377 e. The van der Waals surface area contributed by atoms with E-state index in [0.29, 0.717) is 12.5 Å². The van der Waals surface area contributed by atoms with E-state index in [1.165, 1.54) is 5.56 Å². The number of aliphatic hydroxyl groups excluding tert-OH is 1. The van der Waals surface area contributed by atoms with Crippen LogP contribution >= 0.6 is 0 Å². The molecule has 0 saturated carbocycles. The standard InChI is InChI=1S/C12H19N3O/c1-9(2)10-3-4-11(14-7-10)15-6-5-13-12(16)8-15/h3-4,7,9,12-13,16H,5-6,8H2,1-2H3. The third-order valence-corrected chi connectivity index (χ3v) is 2.92. The zero-order chi connectivity index (χ0) is 11.5. The lowest BCUT2D eigenvalue weighted by Crippen LogP contribution is -2.50. The maximum Gasteiger partial charge on any atom is 0.128 e. The van der Waals surface area contributed by atoms with Gasteiger partial charge in [-0.15, -0.1) is 0 Å². The van der Waals surface area contributed by atoms with E-state index >= 15 is 0 Å². The van der Waals surface area contributed by atoms with Crippen LogP contribution in [0.5, 0.6) is 0 Å². The fraction of sp³-hybridized carbons (Fsp3) is 0.583. The Balaban J connectivity index is 2.09. The second-order valence-corrected chi connectivity index (χ2v) is 4.52. The lowest BCUT2D eigenvalue weighted by atomic mass is 10.1. The van der Waals surface area contributed by atoms with Gasteiger partial charge in [-0.2, -0.15) is 0 Å². The highest BCUT2D eigenvalue weighted by molar-refractivity contribution is 5.40. The zero-order valence-electron chi connectivity index (χ0n) is 9.85. The molecule has 88 valence electrons. The van der Waals surface area contributed by atoms with Crippen molar-refractivity contribution in [3.05, 3.63) is 23.9 Å². The number of nitrogens with zero attached hydrogens (tertiary/aromatic N) is 2. The van der Waals surface area contributed by atoms with Gasteiger partial charge in [0, 0.05) is 19.3 Å². The van der Waals surface area contributed by atoms with Crippen LogP contribution in [0, 0.1) is 0 Å². The lowest BCUT2D eigenvalue weighted by molar-refractivity contribution is 0.131. The fourth-order valence-corrected chi connectivity index (χ4v) is 1.86. The van der Waals surface area contributed by atoms with Gasteiger partial charge in [-0.3, -0.25) is 5.32 Å². The van der Waals surface area contributed by atoms with Gasteiger partial charge in [0.2, 0.25) is 0 Å². The number of aliphatic hydroxyl groups is 1. The second-order valence-electron chi connectivity index (χ2n) is 4.52. The molecule has 4 heteroatoms. The van der Waals surface area contributed by atoms with Crippen LogP contribution in [0.15, 0.2) is 18.3 Å². The Hall–Kier alpha value is -1.13. The Morgan fingerprint density at radius 1 is 1.50 bits per heavy atom. The van der Waals surface area contributed by atoms with Crippen molar-refractivity contribution in [2.24, 2.45) is 0 Å². The van der Waals surface area contributed by atoms with Crippen molar-refractivity contribution < 1.29 is 5.11 Å². The minimum atomic E-state index is -0.444. The Bertz CT molecular complexity index is 337. The molecule has 2 heterocycles. The summed E-state index contributed by atoms with van der Waals surface area (Å²) in [5.41, 5.74) is 1.25. The van der Waals surface area contributed by atoms with E-state index in [4.69, 9.17) is 0 Å². The van der Waals surface area contributed by atoms with E-state index in [2.05, 4.69) is 35.1 Å². The third-order valence-electron chi connectivity index (χ3n) is 2.92. The summed E-state index contributed by atoms with van der Waals surface area (Å²) in [6.45, 7) is 6.62. The van der Waals surface area contributed by atoms with Gasteiger partial charge < -0.3 is 10.0 Å². The Kier molecular flexibility index (Phi) is 3.41. The van der Waals surface area contributed by atoms with Crippen LogP contribution in [0.3, 0.4) is 0 Å². The average Bonchev–Trinajstić information content (AvgIpc) is 2.29. The summed E-state index contributed by atoms with van der Waals surface area (Å²) < 4.78 is 0.